The summed E-state index contributed by atoms with van der Waals surface area (Å²) in [5.41, 5.74) is 5.21. The highest BCUT2D eigenvalue weighted by atomic mass is 16.6. The Bertz CT molecular complexity index is 619. The SMILES string of the molecule is CC(C)(C)OC(=O)N1CCC(Oc2ccc(N)cc2[N+](=O)[O-])CC1. The molecule has 8 nitrogen and oxygen atoms in total. The lowest BCUT2D eigenvalue weighted by atomic mass is 10.1. The van der Waals surface area contributed by atoms with Crippen LogP contribution >= 0.6 is 0 Å². The molecule has 1 fully saturated rings. The molecule has 0 atom stereocenters. The van der Waals surface area contributed by atoms with E-state index in [4.69, 9.17) is 15.2 Å². The maximum Gasteiger partial charge on any atom is 0.410 e. The molecule has 1 saturated heterocycles. The van der Waals surface area contributed by atoms with E-state index in [2.05, 4.69) is 0 Å². The zero-order chi connectivity index (χ0) is 17.9. The van der Waals surface area contributed by atoms with Crippen LogP contribution in [0.1, 0.15) is 33.6 Å². The molecule has 0 unspecified atom stereocenters. The molecule has 2 rings (SSSR count). The van der Waals surface area contributed by atoms with Gasteiger partial charge in [0.15, 0.2) is 5.75 Å². The third kappa shape index (κ3) is 4.74. The van der Waals surface area contributed by atoms with Crippen molar-refractivity contribution in [3.05, 3.63) is 28.3 Å². The van der Waals surface area contributed by atoms with Crippen molar-refractivity contribution in [3.8, 4) is 5.75 Å². The van der Waals surface area contributed by atoms with Crippen LogP contribution in [0, 0.1) is 10.1 Å². The molecule has 1 amide bonds. The van der Waals surface area contributed by atoms with Crippen LogP contribution in [-0.4, -0.2) is 40.7 Å². The Morgan fingerprint density at radius 1 is 1.33 bits per heavy atom. The second kappa shape index (κ2) is 6.94. The van der Waals surface area contributed by atoms with Crippen LogP contribution in [0.4, 0.5) is 16.2 Å². The van der Waals surface area contributed by atoms with Crippen molar-refractivity contribution in [2.75, 3.05) is 18.8 Å². The van der Waals surface area contributed by atoms with E-state index in [0.717, 1.165) is 0 Å². The van der Waals surface area contributed by atoms with Gasteiger partial charge in [-0.05, 0) is 32.9 Å². The minimum atomic E-state index is -0.533. The highest BCUT2D eigenvalue weighted by Crippen LogP contribution is 2.31. The summed E-state index contributed by atoms with van der Waals surface area (Å²) >= 11 is 0. The lowest BCUT2D eigenvalue weighted by molar-refractivity contribution is -0.386. The number of ether oxygens (including phenoxy) is 2. The molecule has 1 aromatic rings. The first-order valence-corrected chi connectivity index (χ1v) is 7.84. The van der Waals surface area contributed by atoms with Crippen LogP contribution in [0.2, 0.25) is 0 Å². The molecule has 1 aromatic carbocycles. The van der Waals surface area contributed by atoms with Gasteiger partial charge in [-0.2, -0.15) is 0 Å². The van der Waals surface area contributed by atoms with E-state index in [-0.39, 0.29) is 23.6 Å². The largest absolute Gasteiger partial charge is 0.483 e. The molecular formula is C16H23N3O5. The number of nitrogen functional groups attached to an aromatic ring is 1. The van der Waals surface area contributed by atoms with Gasteiger partial charge in [-0.15, -0.1) is 0 Å². The van der Waals surface area contributed by atoms with E-state index in [0.29, 0.717) is 31.6 Å². The van der Waals surface area contributed by atoms with Crippen LogP contribution in [-0.2, 0) is 4.74 Å². The second-order valence-corrected chi connectivity index (χ2v) is 6.77. The third-order valence-electron chi connectivity index (χ3n) is 3.57. The number of nitrogens with zero attached hydrogens (tertiary/aromatic N) is 2. The number of nitro groups is 1. The molecule has 0 bridgehead atoms. The van der Waals surface area contributed by atoms with E-state index in [1.54, 1.807) is 11.0 Å². The van der Waals surface area contributed by atoms with Crippen LogP contribution < -0.4 is 10.5 Å². The summed E-state index contributed by atoms with van der Waals surface area (Å²) < 4.78 is 11.1. The molecule has 1 aliphatic rings. The van der Waals surface area contributed by atoms with Crippen molar-refractivity contribution >= 4 is 17.5 Å². The number of piperidine rings is 1. The smallest absolute Gasteiger partial charge is 0.410 e. The Morgan fingerprint density at radius 2 is 1.96 bits per heavy atom. The molecule has 0 aliphatic carbocycles. The Hall–Kier alpha value is -2.51. The highest BCUT2D eigenvalue weighted by Gasteiger charge is 2.28. The molecule has 1 aliphatic heterocycles. The summed E-state index contributed by atoms with van der Waals surface area (Å²) in [6, 6.07) is 4.36. The number of amides is 1. The number of carbonyl (C=O) groups is 1. The van der Waals surface area contributed by atoms with Gasteiger partial charge < -0.3 is 20.1 Å². The van der Waals surface area contributed by atoms with E-state index < -0.39 is 10.5 Å². The van der Waals surface area contributed by atoms with E-state index >= 15 is 0 Å². The first kappa shape index (κ1) is 17.8. The average molecular weight is 337 g/mol. The van der Waals surface area contributed by atoms with Gasteiger partial charge in [-0.1, -0.05) is 0 Å². The molecule has 24 heavy (non-hydrogen) atoms. The van der Waals surface area contributed by atoms with Crippen molar-refractivity contribution in [2.45, 2.75) is 45.3 Å². The van der Waals surface area contributed by atoms with E-state index in [1.807, 2.05) is 20.8 Å². The summed E-state index contributed by atoms with van der Waals surface area (Å²) in [6.07, 6.45) is 0.632. The maximum absolute atomic E-state index is 12.0. The fraction of sp³-hybridized carbons (Fsp3) is 0.562. The van der Waals surface area contributed by atoms with Gasteiger partial charge in [0.2, 0.25) is 0 Å². The topological polar surface area (TPSA) is 108 Å². The van der Waals surface area contributed by atoms with Crippen molar-refractivity contribution in [1.82, 2.24) is 4.90 Å². The summed E-state index contributed by atoms with van der Waals surface area (Å²) in [7, 11) is 0. The summed E-state index contributed by atoms with van der Waals surface area (Å²) in [5, 5.41) is 11.1. The number of hydrogen-bond donors (Lipinski definition) is 1. The maximum atomic E-state index is 12.0. The first-order valence-electron chi connectivity index (χ1n) is 7.84. The van der Waals surface area contributed by atoms with Gasteiger partial charge in [0.25, 0.3) is 0 Å². The molecule has 0 saturated carbocycles. The number of hydrogen-bond acceptors (Lipinski definition) is 6. The van der Waals surface area contributed by atoms with Gasteiger partial charge in [0, 0.05) is 37.7 Å². The van der Waals surface area contributed by atoms with E-state index in [1.165, 1.54) is 12.1 Å². The van der Waals surface area contributed by atoms with Gasteiger partial charge in [-0.25, -0.2) is 4.79 Å². The van der Waals surface area contributed by atoms with Crippen LogP contribution in [0.15, 0.2) is 18.2 Å². The number of likely N-dealkylation sites (tertiary alicyclic amines) is 1. The van der Waals surface area contributed by atoms with Gasteiger partial charge >= 0.3 is 11.8 Å². The Labute approximate surface area is 140 Å². The summed E-state index contributed by atoms with van der Waals surface area (Å²) in [6.45, 7) is 6.44. The number of anilines is 1. The van der Waals surface area contributed by atoms with Crippen molar-refractivity contribution < 1.29 is 19.2 Å². The quantitative estimate of drug-likeness (QED) is 0.516. The summed E-state index contributed by atoms with van der Waals surface area (Å²) in [4.78, 5) is 24.2. The average Bonchev–Trinajstić information content (AvgIpc) is 2.48. The zero-order valence-corrected chi connectivity index (χ0v) is 14.2. The number of rotatable bonds is 3. The predicted molar refractivity (Wildman–Crippen MR) is 89.0 cm³/mol. The van der Waals surface area contributed by atoms with Crippen molar-refractivity contribution in [3.63, 3.8) is 0 Å². The fourth-order valence-corrected chi connectivity index (χ4v) is 2.44. The molecular weight excluding hydrogens is 314 g/mol. The van der Waals surface area contributed by atoms with Gasteiger partial charge in [0.1, 0.15) is 11.7 Å². The van der Waals surface area contributed by atoms with Gasteiger partial charge in [-0.3, -0.25) is 10.1 Å². The second-order valence-electron chi connectivity index (χ2n) is 6.77. The number of benzene rings is 1. The minimum Gasteiger partial charge on any atom is -0.483 e. The molecule has 132 valence electrons. The predicted octanol–water partition coefficient (Wildman–Crippen LogP) is 2.96. The molecule has 8 heteroatoms. The normalized spacial score (nSPS) is 15.9. The fourth-order valence-electron chi connectivity index (χ4n) is 2.44. The lowest BCUT2D eigenvalue weighted by Crippen LogP contribution is -2.44. The minimum absolute atomic E-state index is 0.149. The van der Waals surface area contributed by atoms with E-state index in [9.17, 15) is 14.9 Å². The van der Waals surface area contributed by atoms with Crippen LogP contribution in [0.25, 0.3) is 0 Å². The van der Waals surface area contributed by atoms with Crippen LogP contribution in [0.3, 0.4) is 0 Å². The monoisotopic (exact) mass is 337 g/mol. The number of carbonyl (C=O) groups excluding carboxylic acids is 1. The molecule has 0 aromatic heterocycles. The molecule has 0 radical (unpaired) electrons. The van der Waals surface area contributed by atoms with Gasteiger partial charge in [0.05, 0.1) is 4.92 Å². The molecule has 0 spiro atoms. The Balaban J connectivity index is 1.94. The number of nitrogens with two attached hydrogens (primary N) is 1. The Morgan fingerprint density at radius 3 is 2.50 bits per heavy atom. The molecule has 1 heterocycles. The van der Waals surface area contributed by atoms with Crippen molar-refractivity contribution in [2.24, 2.45) is 0 Å². The Kier molecular flexibility index (Phi) is 5.16. The first-order chi connectivity index (χ1) is 11.2. The van der Waals surface area contributed by atoms with Crippen molar-refractivity contribution in [1.29, 1.82) is 0 Å². The van der Waals surface area contributed by atoms with Crippen LogP contribution in [0.5, 0.6) is 5.75 Å². The number of nitro benzene ring substituents is 1. The lowest BCUT2D eigenvalue weighted by Gasteiger charge is -2.33. The zero-order valence-electron chi connectivity index (χ0n) is 14.2. The highest BCUT2D eigenvalue weighted by molar-refractivity contribution is 5.68. The summed E-state index contributed by atoms with van der Waals surface area (Å²) in [5.74, 6) is 0.199. The standard InChI is InChI=1S/C16H23N3O5/c1-16(2,3)24-15(20)18-8-6-12(7-9-18)23-14-5-4-11(17)10-13(14)19(21)22/h4-5,10,12H,6-9,17H2,1-3H3. The molecule has 2 N–H and O–H groups in total. The third-order valence-corrected chi connectivity index (χ3v) is 3.57.